The zero-order valence-corrected chi connectivity index (χ0v) is 11.5. The normalized spacial score (nSPS) is 17.1. The Morgan fingerprint density at radius 2 is 1.70 bits per heavy atom. The van der Waals surface area contributed by atoms with Gasteiger partial charge in [0.05, 0.1) is 13.0 Å². The van der Waals surface area contributed by atoms with Crippen LogP contribution in [-0.2, 0) is 14.3 Å². The molecule has 1 heterocycles. The van der Waals surface area contributed by atoms with Crippen molar-refractivity contribution in [3.63, 3.8) is 0 Å². The molecule has 0 aliphatic carbocycles. The van der Waals surface area contributed by atoms with Gasteiger partial charge >= 0.3 is 12.1 Å². The van der Waals surface area contributed by atoms with E-state index in [1.165, 1.54) is 12.0 Å². The molecule has 1 aliphatic rings. The second-order valence-corrected chi connectivity index (χ2v) is 4.98. The highest BCUT2D eigenvalue weighted by molar-refractivity contribution is 5.76. The summed E-state index contributed by atoms with van der Waals surface area (Å²) in [7, 11) is 1.30. The van der Waals surface area contributed by atoms with Gasteiger partial charge in [0.25, 0.3) is 0 Å². The number of amides is 1. The summed E-state index contributed by atoms with van der Waals surface area (Å²) in [5, 5.41) is 0. The van der Waals surface area contributed by atoms with Gasteiger partial charge < -0.3 is 9.64 Å². The number of hydrogen-bond acceptors (Lipinski definition) is 3. The van der Waals surface area contributed by atoms with E-state index in [9.17, 15) is 22.8 Å². The molecule has 0 aromatic heterocycles. The summed E-state index contributed by atoms with van der Waals surface area (Å²) < 4.78 is 41.9. The predicted molar refractivity (Wildman–Crippen MR) is 65.8 cm³/mol. The number of nitrogens with zero attached hydrogens (tertiary/aromatic N) is 1. The monoisotopic (exact) mass is 295 g/mol. The Balaban J connectivity index is 2.21. The topological polar surface area (TPSA) is 46.6 Å². The minimum atomic E-state index is -4.16. The summed E-state index contributed by atoms with van der Waals surface area (Å²) in [6.07, 6.45) is -2.55. The summed E-state index contributed by atoms with van der Waals surface area (Å²) in [6.45, 7) is 0.333. The number of ether oxygens (including phenoxy) is 1. The lowest BCUT2D eigenvalue weighted by atomic mass is 9.96. The molecule has 20 heavy (non-hydrogen) atoms. The molecule has 0 aromatic carbocycles. The van der Waals surface area contributed by atoms with Crippen molar-refractivity contribution in [2.45, 2.75) is 44.7 Å². The van der Waals surface area contributed by atoms with Crippen LogP contribution in [0, 0.1) is 5.92 Å². The molecule has 0 bridgehead atoms. The van der Waals surface area contributed by atoms with Crippen molar-refractivity contribution in [2.75, 3.05) is 20.2 Å². The molecule has 4 nitrogen and oxygen atoms in total. The molecular formula is C13H20F3NO3. The largest absolute Gasteiger partial charge is 0.469 e. The van der Waals surface area contributed by atoms with E-state index in [2.05, 4.69) is 4.74 Å². The van der Waals surface area contributed by atoms with E-state index < -0.39 is 12.1 Å². The first-order valence-corrected chi connectivity index (χ1v) is 6.76. The van der Waals surface area contributed by atoms with Gasteiger partial charge in [-0.1, -0.05) is 0 Å². The quantitative estimate of drug-likeness (QED) is 0.578. The van der Waals surface area contributed by atoms with E-state index in [1.807, 2.05) is 0 Å². The van der Waals surface area contributed by atoms with Crippen molar-refractivity contribution in [2.24, 2.45) is 5.92 Å². The van der Waals surface area contributed by atoms with E-state index in [0.29, 0.717) is 12.8 Å². The SMILES string of the molecule is COC(=O)CCCCC(=O)N1CCC(C(F)(F)F)CC1. The number of methoxy groups -OCH3 is 1. The summed E-state index contributed by atoms with van der Waals surface area (Å²) in [6, 6.07) is 0. The fourth-order valence-electron chi connectivity index (χ4n) is 2.26. The van der Waals surface area contributed by atoms with Gasteiger partial charge in [-0.2, -0.15) is 13.2 Å². The molecule has 0 spiro atoms. The van der Waals surface area contributed by atoms with E-state index >= 15 is 0 Å². The predicted octanol–water partition coefficient (Wildman–Crippen LogP) is 2.52. The molecule has 0 atom stereocenters. The van der Waals surface area contributed by atoms with Gasteiger partial charge in [-0.3, -0.25) is 9.59 Å². The summed E-state index contributed by atoms with van der Waals surface area (Å²) in [4.78, 5) is 24.1. The summed E-state index contributed by atoms with van der Waals surface area (Å²) in [5.74, 6) is -1.73. The van der Waals surface area contributed by atoms with Crippen LogP contribution in [0.3, 0.4) is 0 Å². The van der Waals surface area contributed by atoms with Crippen molar-refractivity contribution < 1.29 is 27.5 Å². The second-order valence-electron chi connectivity index (χ2n) is 4.98. The lowest BCUT2D eigenvalue weighted by molar-refractivity contribution is -0.186. The van der Waals surface area contributed by atoms with Gasteiger partial charge in [-0.25, -0.2) is 0 Å². The van der Waals surface area contributed by atoms with Crippen LogP contribution in [0.1, 0.15) is 38.5 Å². The number of rotatable bonds is 5. The standard InChI is InChI=1S/C13H20F3NO3/c1-20-12(19)5-3-2-4-11(18)17-8-6-10(7-9-17)13(14,15)16/h10H,2-9H2,1H3. The first kappa shape index (κ1) is 16.8. The number of hydrogen-bond donors (Lipinski definition) is 0. The molecular weight excluding hydrogens is 275 g/mol. The van der Waals surface area contributed by atoms with Crippen LogP contribution in [0.5, 0.6) is 0 Å². The van der Waals surface area contributed by atoms with Gasteiger partial charge in [0.1, 0.15) is 0 Å². The minimum absolute atomic E-state index is 0.0165. The molecule has 0 unspecified atom stereocenters. The Morgan fingerprint density at radius 3 is 2.20 bits per heavy atom. The molecule has 0 aromatic rings. The lowest BCUT2D eigenvalue weighted by Gasteiger charge is -2.33. The van der Waals surface area contributed by atoms with Crippen LogP contribution in [-0.4, -0.2) is 43.2 Å². The van der Waals surface area contributed by atoms with E-state index in [-0.39, 0.29) is 50.6 Å². The number of unbranched alkanes of at least 4 members (excludes halogenated alkanes) is 1. The Bertz CT molecular complexity index is 336. The highest BCUT2D eigenvalue weighted by Crippen LogP contribution is 2.34. The Kier molecular flexibility index (Phi) is 6.29. The first-order valence-electron chi connectivity index (χ1n) is 6.76. The number of likely N-dealkylation sites (tertiary alicyclic amines) is 1. The van der Waals surface area contributed by atoms with Crippen molar-refractivity contribution in [1.29, 1.82) is 0 Å². The Labute approximate surface area is 116 Å². The second kappa shape index (κ2) is 7.50. The number of piperidine rings is 1. The highest BCUT2D eigenvalue weighted by Gasteiger charge is 2.41. The number of esters is 1. The maximum absolute atomic E-state index is 12.5. The molecule has 116 valence electrons. The van der Waals surface area contributed by atoms with E-state index in [1.54, 1.807) is 0 Å². The molecule has 0 N–H and O–H groups in total. The molecule has 1 fully saturated rings. The first-order chi connectivity index (χ1) is 9.34. The van der Waals surface area contributed by atoms with Gasteiger partial charge in [0.2, 0.25) is 5.91 Å². The zero-order chi connectivity index (χ0) is 15.2. The molecule has 1 saturated heterocycles. The third kappa shape index (κ3) is 5.38. The van der Waals surface area contributed by atoms with Gasteiger partial charge in [-0.05, 0) is 25.7 Å². The Morgan fingerprint density at radius 1 is 1.15 bits per heavy atom. The van der Waals surface area contributed by atoms with Crippen molar-refractivity contribution in [3.8, 4) is 0 Å². The fraction of sp³-hybridized carbons (Fsp3) is 0.846. The van der Waals surface area contributed by atoms with E-state index in [0.717, 1.165) is 0 Å². The third-order valence-electron chi connectivity index (χ3n) is 3.56. The molecule has 0 saturated carbocycles. The molecule has 1 rings (SSSR count). The summed E-state index contributed by atoms with van der Waals surface area (Å²) >= 11 is 0. The van der Waals surface area contributed by atoms with Gasteiger partial charge in [-0.15, -0.1) is 0 Å². The fourth-order valence-corrected chi connectivity index (χ4v) is 2.26. The van der Waals surface area contributed by atoms with Crippen molar-refractivity contribution >= 4 is 11.9 Å². The Hall–Kier alpha value is -1.27. The van der Waals surface area contributed by atoms with Crippen LogP contribution in [0.2, 0.25) is 0 Å². The number of carbonyl (C=O) groups is 2. The van der Waals surface area contributed by atoms with Crippen molar-refractivity contribution in [3.05, 3.63) is 0 Å². The smallest absolute Gasteiger partial charge is 0.391 e. The van der Waals surface area contributed by atoms with Crippen LogP contribution in [0.15, 0.2) is 0 Å². The number of carbonyl (C=O) groups excluding carboxylic acids is 2. The van der Waals surface area contributed by atoms with Crippen molar-refractivity contribution in [1.82, 2.24) is 4.90 Å². The molecule has 1 aliphatic heterocycles. The lowest BCUT2D eigenvalue weighted by Crippen LogP contribution is -2.42. The molecule has 7 heteroatoms. The maximum Gasteiger partial charge on any atom is 0.391 e. The third-order valence-corrected chi connectivity index (χ3v) is 3.56. The van der Waals surface area contributed by atoms with Crippen LogP contribution in [0.4, 0.5) is 13.2 Å². The zero-order valence-electron chi connectivity index (χ0n) is 11.5. The molecule has 1 amide bonds. The minimum Gasteiger partial charge on any atom is -0.469 e. The van der Waals surface area contributed by atoms with Gasteiger partial charge in [0, 0.05) is 25.9 Å². The van der Waals surface area contributed by atoms with Gasteiger partial charge in [0.15, 0.2) is 0 Å². The van der Waals surface area contributed by atoms with E-state index in [4.69, 9.17) is 0 Å². The average Bonchev–Trinajstić information content (AvgIpc) is 2.42. The highest BCUT2D eigenvalue weighted by atomic mass is 19.4. The van der Waals surface area contributed by atoms with Crippen LogP contribution < -0.4 is 0 Å². The summed E-state index contributed by atoms with van der Waals surface area (Å²) in [5.41, 5.74) is 0. The molecule has 0 radical (unpaired) electrons. The maximum atomic E-state index is 12.5. The number of halogens is 3. The van der Waals surface area contributed by atoms with Crippen LogP contribution >= 0.6 is 0 Å². The average molecular weight is 295 g/mol. The van der Waals surface area contributed by atoms with Crippen LogP contribution in [0.25, 0.3) is 0 Å². The number of alkyl halides is 3.